The predicted octanol–water partition coefficient (Wildman–Crippen LogP) is 3.29. The summed E-state index contributed by atoms with van der Waals surface area (Å²) in [6.07, 6.45) is 3.49. The SMILES string of the molecule is CCCCn1c(N)c(N(Cc2ccccc2)C(=O)CN2c3ccccc3CC[C@@H]2C)c(=O)[nH]c1=O. The molecule has 35 heavy (non-hydrogen) atoms. The summed E-state index contributed by atoms with van der Waals surface area (Å²) in [5, 5.41) is 0. The summed E-state index contributed by atoms with van der Waals surface area (Å²) in [7, 11) is 0. The lowest BCUT2D eigenvalue weighted by molar-refractivity contribution is -0.117. The maximum atomic E-state index is 13.9. The van der Waals surface area contributed by atoms with Crippen LogP contribution < -0.4 is 26.8 Å². The number of hydrogen-bond acceptors (Lipinski definition) is 5. The molecule has 0 aliphatic carbocycles. The molecule has 4 rings (SSSR count). The first kappa shape index (κ1) is 24.3. The first-order valence-electron chi connectivity index (χ1n) is 12.2. The van der Waals surface area contributed by atoms with E-state index in [9.17, 15) is 14.4 Å². The minimum Gasteiger partial charge on any atom is -0.383 e. The zero-order valence-corrected chi connectivity index (χ0v) is 20.4. The van der Waals surface area contributed by atoms with Gasteiger partial charge in [-0.3, -0.25) is 24.0 Å². The highest BCUT2D eigenvalue weighted by molar-refractivity contribution is 5.98. The number of nitrogens with zero attached hydrogens (tertiary/aromatic N) is 3. The number of aryl methyl sites for hydroxylation is 1. The normalized spacial score (nSPS) is 15.0. The molecule has 1 aliphatic heterocycles. The summed E-state index contributed by atoms with van der Waals surface area (Å²) in [5.41, 5.74) is 8.30. The Labute approximate surface area is 205 Å². The fraction of sp³-hybridized carbons (Fsp3) is 0.370. The Morgan fingerprint density at radius 1 is 1.11 bits per heavy atom. The average molecular weight is 476 g/mol. The third-order valence-electron chi connectivity index (χ3n) is 6.67. The Morgan fingerprint density at radius 2 is 1.83 bits per heavy atom. The number of unbranched alkanes of at least 4 members (excludes halogenated alkanes) is 1. The van der Waals surface area contributed by atoms with Crippen molar-refractivity contribution in [2.45, 2.75) is 58.7 Å². The van der Waals surface area contributed by atoms with E-state index in [4.69, 9.17) is 5.73 Å². The summed E-state index contributed by atoms with van der Waals surface area (Å²) in [6, 6.07) is 17.7. The van der Waals surface area contributed by atoms with Crippen LogP contribution >= 0.6 is 0 Å². The van der Waals surface area contributed by atoms with Crippen LogP contribution in [0.25, 0.3) is 0 Å². The second-order valence-electron chi connectivity index (χ2n) is 9.11. The average Bonchev–Trinajstić information content (AvgIpc) is 2.85. The van der Waals surface area contributed by atoms with Gasteiger partial charge >= 0.3 is 5.69 Å². The van der Waals surface area contributed by atoms with Gasteiger partial charge in [0.15, 0.2) is 5.69 Å². The first-order valence-corrected chi connectivity index (χ1v) is 12.2. The molecule has 1 aliphatic rings. The molecule has 1 atom stereocenters. The molecule has 0 radical (unpaired) electrons. The van der Waals surface area contributed by atoms with Gasteiger partial charge in [-0.2, -0.15) is 0 Å². The van der Waals surface area contributed by atoms with Crippen molar-refractivity contribution >= 4 is 23.1 Å². The van der Waals surface area contributed by atoms with Crippen LogP contribution in [0.2, 0.25) is 0 Å². The van der Waals surface area contributed by atoms with Crippen LogP contribution in [0.4, 0.5) is 17.2 Å². The molecule has 0 saturated heterocycles. The fourth-order valence-electron chi connectivity index (χ4n) is 4.67. The number of nitrogens with two attached hydrogens (primary N) is 1. The quantitative estimate of drug-likeness (QED) is 0.520. The molecule has 8 nitrogen and oxygen atoms in total. The first-order chi connectivity index (χ1) is 16.9. The number of para-hydroxylation sites is 1. The second kappa shape index (κ2) is 10.6. The van der Waals surface area contributed by atoms with Gasteiger partial charge < -0.3 is 10.6 Å². The third kappa shape index (κ3) is 5.16. The third-order valence-corrected chi connectivity index (χ3v) is 6.67. The molecule has 0 unspecified atom stereocenters. The van der Waals surface area contributed by atoms with E-state index in [1.165, 1.54) is 15.0 Å². The Bertz CT molecular complexity index is 1300. The van der Waals surface area contributed by atoms with Gasteiger partial charge in [0.1, 0.15) is 5.82 Å². The monoisotopic (exact) mass is 475 g/mol. The number of amides is 1. The van der Waals surface area contributed by atoms with Gasteiger partial charge in [-0.15, -0.1) is 0 Å². The van der Waals surface area contributed by atoms with Crippen LogP contribution in [0.15, 0.2) is 64.2 Å². The standard InChI is InChI=1S/C27H33N5O3/c1-3-4-16-30-25(28)24(26(34)29-27(30)35)32(17-20-10-6-5-7-11-20)23(33)18-31-19(2)14-15-21-12-8-9-13-22(21)31/h5-13,19H,3-4,14-18,28H2,1-2H3,(H,29,34,35)/t19-/m0/s1. The van der Waals surface area contributed by atoms with E-state index in [0.717, 1.165) is 36.9 Å². The maximum absolute atomic E-state index is 13.9. The summed E-state index contributed by atoms with van der Waals surface area (Å²) < 4.78 is 1.35. The van der Waals surface area contributed by atoms with E-state index in [0.29, 0.717) is 6.54 Å². The molecule has 3 aromatic rings. The molecule has 184 valence electrons. The Kier molecular flexibility index (Phi) is 7.39. The number of benzene rings is 2. The molecule has 1 amide bonds. The molecule has 0 bridgehead atoms. The highest BCUT2D eigenvalue weighted by Crippen LogP contribution is 2.31. The van der Waals surface area contributed by atoms with Crippen molar-refractivity contribution in [1.29, 1.82) is 0 Å². The van der Waals surface area contributed by atoms with Gasteiger partial charge in [-0.1, -0.05) is 61.9 Å². The number of anilines is 3. The number of fused-ring (bicyclic) bond motifs is 1. The van der Waals surface area contributed by atoms with Crippen LogP contribution in [0.5, 0.6) is 0 Å². The molecule has 0 spiro atoms. The molecule has 2 aromatic carbocycles. The summed E-state index contributed by atoms with van der Waals surface area (Å²) in [5.74, 6) is -0.237. The number of nitrogen functional groups attached to an aromatic ring is 1. The molecule has 3 N–H and O–H groups in total. The van der Waals surface area contributed by atoms with E-state index in [2.05, 4.69) is 22.9 Å². The fourth-order valence-corrected chi connectivity index (χ4v) is 4.67. The van der Waals surface area contributed by atoms with E-state index in [1.807, 2.05) is 55.5 Å². The van der Waals surface area contributed by atoms with E-state index in [1.54, 1.807) is 0 Å². The van der Waals surface area contributed by atoms with E-state index >= 15 is 0 Å². The number of carbonyl (C=O) groups is 1. The maximum Gasteiger partial charge on any atom is 0.330 e. The van der Waals surface area contributed by atoms with Gasteiger partial charge in [0.05, 0.1) is 13.1 Å². The largest absolute Gasteiger partial charge is 0.383 e. The van der Waals surface area contributed by atoms with Crippen LogP contribution in [0, 0.1) is 0 Å². The minimum atomic E-state index is -0.656. The van der Waals surface area contributed by atoms with Crippen molar-refractivity contribution in [2.75, 3.05) is 22.1 Å². The number of nitrogens with one attached hydrogen (secondary N) is 1. The summed E-state index contributed by atoms with van der Waals surface area (Å²) in [4.78, 5) is 45.3. The number of aromatic amines is 1. The Balaban J connectivity index is 1.75. The highest BCUT2D eigenvalue weighted by atomic mass is 16.2. The lowest BCUT2D eigenvalue weighted by atomic mass is 9.96. The zero-order chi connectivity index (χ0) is 24.9. The van der Waals surface area contributed by atoms with Crippen LogP contribution in [0.3, 0.4) is 0 Å². The van der Waals surface area contributed by atoms with Gasteiger partial charge in [0.25, 0.3) is 5.56 Å². The van der Waals surface area contributed by atoms with Crippen LogP contribution in [-0.2, 0) is 24.3 Å². The molecule has 0 saturated carbocycles. The Hall–Kier alpha value is -3.81. The molecule has 8 heteroatoms. The van der Waals surface area contributed by atoms with Crippen LogP contribution in [-0.4, -0.2) is 28.0 Å². The van der Waals surface area contributed by atoms with E-state index in [-0.39, 0.29) is 36.5 Å². The van der Waals surface area contributed by atoms with Crippen molar-refractivity contribution in [3.8, 4) is 0 Å². The molecule has 2 heterocycles. The van der Waals surface area contributed by atoms with Crippen molar-refractivity contribution in [3.05, 3.63) is 86.6 Å². The summed E-state index contributed by atoms with van der Waals surface area (Å²) in [6.45, 7) is 4.75. The number of H-pyrrole nitrogens is 1. The van der Waals surface area contributed by atoms with Crippen molar-refractivity contribution in [1.82, 2.24) is 9.55 Å². The van der Waals surface area contributed by atoms with Crippen molar-refractivity contribution in [2.24, 2.45) is 0 Å². The van der Waals surface area contributed by atoms with Crippen LogP contribution in [0.1, 0.15) is 44.2 Å². The molecular weight excluding hydrogens is 442 g/mol. The Morgan fingerprint density at radius 3 is 2.57 bits per heavy atom. The number of rotatable bonds is 8. The summed E-state index contributed by atoms with van der Waals surface area (Å²) >= 11 is 0. The highest BCUT2D eigenvalue weighted by Gasteiger charge is 2.30. The number of carbonyl (C=O) groups excluding carboxylic acids is 1. The van der Waals surface area contributed by atoms with Gasteiger partial charge in [-0.05, 0) is 43.4 Å². The van der Waals surface area contributed by atoms with Gasteiger partial charge in [-0.25, -0.2) is 4.79 Å². The van der Waals surface area contributed by atoms with Gasteiger partial charge in [0, 0.05) is 18.3 Å². The lowest BCUT2D eigenvalue weighted by Gasteiger charge is -2.38. The zero-order valence-electron chi connectivity index (χ0n) is 20.4. The minimum absolute atomic E-state index is 0.0172. The molecule has 1 aromatic heterocycles. The number of aromatic nitrogens is 2. The molecular formula is C27H33N5O3. The van der Waals surface area contributed by atoms with E-state index < -0.39 is 11.2 Å². The number of hydrogen-bond donors (Lipinski definition) is 2. The van der Waals surface area contributed by atoms with Crippen molar-refractivity contribution < 1.29 is 4.79 Å². The van der Waals surface area contributed by atoms with Gasteiger partial charge in [0.2, 0.25) is 5.91 Å². The molecule has 0 fully saturated rings. The smallest absolute Gasteiger partial charge is 0.330 e. The lowest BCUT2D eigenvalue weighted by Crippen LogP contribution is -2.48. The topological polar surface area (TPSA) is 104 Å². The second-order valence-corrected chi connectivity index (χ2v) is 9.11. The van der Waals surface area contributed by atoms with Crippen molar-refractivity contribution in [3.63, 3.8) is 0 Å². The predicted molar refractivity (Wildman–Crippen MR) is 140 cm³/mol.